The van der Waals surface area contributed by atoms with Gasteiger partial charge in [0, 0.05) is 12.1 Å². The van der Waals surface area contributed by atoms with Gasteiger partial charge in [-0.3, -0.25) is 4.79 Å². The van der Waals surface area contributed by atoms with Crippen molar-refractivity contribution >= 4 is 5.91 Å². The molecule has 122 valence electrons. The summed E-state index contributed by atoms with van der Waals surface area (Å²) >= 11 is 0. The Bertz CT molecular complexity index is 485. The molecule has 5 heteroatoms. The van der Waals surface area contributed by atoms with Gasteiger partial charge in [-0.05, 0) is 45.2 Å². The number of likely N-dealkylation sites (tertiary alicyclic amines) is 1. The average molecular weight is 307 g/mol. The van der Waals surface area contributed by atoms with E-state index in [0.717, 1.165) is 12.8 Å². The second-order valence-corrected chi connectivity index (χ2v) is 5.71. The summed E-state index contributed by atoms with van der Waals surface area (Å²) in [4.78, 5) is 14.4. The summed E-state index contributed by atoms with van der Waals surface area (Å²) in [5, 5.41) is 0. The van der Waals surface area contributed by atoms with Crippen LogP contribution in [0.2, 0.25) is 0 Å². The van der Waals surface area contributed by atoms with Crippen molar-refractivity contribution in [1.82, 2.24) is 4.90 Å². The van der Waals surface area contributed by atoms with E-state index in [9.17, 15) is 4.79 Å². The number of carbonyl (C=O) groups excluding carboxylic acids is 1. The van der Waals surface area contributed by atoms with Crippen molar-refractivity contribution in [3.05, 3.63) is 18.2 Å². The largest absolute Gasteiger partial charge is 0.493 e. The number of carbonyl (C=O) groups is 1. The predicted octanol–water partition coefficient (Wildman–Crippen LogP) is 2.87. The van der Waals surface area contributed by atoms with Crippen LogP contribution in [0.15, 0.2) is 18.2 Å². The van der Waals surface area contributed by atoms with E-state index >= 15 is 0 Å². The zero-order valence-electron chi connectivity index (χ0n) is 13.8. The van der Waals surface area contributed by atoms with Crippen LogP contribution in [0.25, 0.3) is 0 Å². The highest BCUT2D eigenvalue weighted by molar-refractivity contribution is 5.78. The molecule has 2 rings (SSSR count). The van der Waals surface area contributed by atoms with Gasteiger partial charge < -0.3 is 19.1 Å². The first-order chi connectivity index (χ1) is 10.6. The topological polar surface area (TPSA) is 48.0 Å². The molecule has 1 aromatic carbocycles. The lowest BCUT2D eigenvalue weighted by Gasteiger charge is -2.39. The number of methoxy groups -OCH3 is 2. The molecular formula is C17H25NO4. The van der Waals surface area contributed by atoms with Gasteiger partial charge in [0.15, 0.2) is 18.1 Å². The van der Waals surface area contributed by atoms with Gasteiger partial charge in [0.1, 0.15) is 0 Å². The number of amides is 1. The molecule has 1 heterocycles. The summed E-state index contributed by atoms with van der Waals surface area (Å²) in [5.41, 5.74) is 0. The van der Waals surface area contributed by atoms with E-state index in [0.29, 0.717) is 17.2 Å². The van der Waals surface area contributed by atoms with Crippen LogP contribution >= 0.6 is 0 Å². The molecule has 0 bridgehead atoms. The van der Waals surface area contributed by atoms with Crippen LogP contribution in [0.3, 0.4) is 0 Å². The quantitative estimate of drug-likeness (QED) is 0.839. The van der Waals surface area contributed by atoms with Crippen LogP contribution in [0.4, 0.5) is 0 Å². The lowest BCUT2D eigenvalue weighted by Crippen LogP contribution is -2.49. The third-order valence-electron chi connectivity index (χ3n) is 4.20. The molecule has 0 radical (unpaired) electrons. The first kappa shape index (κ1) is 16.5. The van der Waals surface area contributed by atoms with E-state index in [-0.39, 0.29) is 24.6 Å². The highest BCUT2D eigenvalue weighted by Crippen LogP contribution is 2.36. The Morgan fingerprint density at radius 1 is 1.14 bits per heavy atom. The molecule has 1 saturated heterocycles. The van der Waals surface area contributed by atoms with Gasteiger partial charge in [0.05, 0.1) is 14.2 Å². The lowest BCUT2D eigenvalue weighted by molar-refractivity contribution is -0.139. The van der Waals surface area contributed by atoms with Crippen molar-refractivity contribution < 1.29 is 19.0 Å². The van der Waals surface area contributed by atoms with Crippen LogP contribution in [-0.4, -0.2) is 43.7 Å². The van der Waals surface area contributed by atoms with Gasteiger partial charge in [0.25, 0.3) is 5.91 Å². The van der Waals surface area contributed by atoms with Gasteiger partial charge in [-0.25, -0.2) is 0 Å². The third-order valence-corrected chi connectivity index (χ3v) is 4.20. The fourth-order valence-corrected chi connectivity index (χ4v) is 3.08. The van der Waals surface area contributed by atoms with E-state index in [1.807, 2.05) is 11.0 Å². The fourth-order valence-electron chi connectivity index (χ4n) is 3.08. The molecule has 0 aliphatic carbocycles. The van der Waals surface area contributed by atoms with Crippen LogP contribution in [0.1, 0.15) is 33.1 Å². The molecule has 22 heavy (non-hydrogen) atoms. The van der Waals surface area contributed by atoms with Crippen LogP contribution in [-0.2, 0) is 4.79 Å². The smallest absolute Gasteiger partial charge is 0.260 e. The Morgan fingerprint density at radius 3 is 2.18 bits per heavy atom. The minimum Gasteiger partial charge on any atom is -0.493 e. The van der Waals surface area contributed by atoms with Gasteiger partial charge in [-0.15, -0.1) is 0 Å². The molecule has 2 unspecified atom stereocenters. The second kappa shape index (κ2) is 7.38. The molecule has 0 N–H and O–H groups in total. The molecule has 5 nitrogen and oxygen atoms in total. The van der Waals surface area contributed by atoms with Gasteiger partial charge in [0.2, 0.25) is 5.75 Å². The van der Waals surface area contributed by atoms with Gasteiger partial charge in [-0.2, -0.15) is 0 Å². The normalized spacial score (nSPS) is 21.4. The second-order valence-electron chi connectivity index (χ2n) is 5.71. The van der Waals surface area contributed by atoms with Crippen molar-refractivity contribution in [3.63, 3.8) is 0 Å². The van der Waals surface area contributed by atoms with Crippen molar-refractivity contribution in [2.24, 2.45) is 0 Å². The maximum atomic E-state index is 12.5. The number of piperidine rings is 1. The summed E-state index contributed by atoms with van der Waals surface area (Å²) in [6.45, 7) is 4.18. The van der Waals surface area contributed by atoms with E-state index in [4.69, 9.17) is 14.2 Å². The Hall–Kier alpha value is -1.91. The standard InChI is InChI=1S/C17H25NO4/c1-12-7-5-8-13(2)18(12)16(19)11-22-17-14(20-3)9-6-10-15(17)21-4/h6,9-10,12-13H,5,7-8,11H2,1-4H3. The maximum Gasteiger partial charge on any atom is 0.260 e. The highest BCUT2D eigenvalue weighted by atomic mass is 16.5. The number of para-hydroxylation sites is 1. The van der Waals surface area contributed by atoms with Gasteiger partial charge >= 0.3 is 0 Å². The predicted molar refractivity (Wildman–Crippen MR) is 84.7 cm³/mol. The molecule has 1 fully saturated rings. The molecule has 1 aliphatic heterocycles. The Kier molecular flexibility index (Phi) is 5.52. The van der Waals surface area contributed by atoms with E-state index in [1.54, 1.807) is 26.4 Å². The van der Waals surface area contributed by atoms with E-state index < -0.39 is 0 Å². The zero-order valence-corrected chi connectivity index (χ0v) is 13.8. The summed E-state index contributed by atoms with van der Waals surface area (Å²) in [6, 6.07) is 5.92. The minimum atomic E-state index is -0.00852. The van der Waals surface area contributed by atoms with E-state index in [2.05, 4.69) is 13.8 Å². The summed E-state index contributed by atoms with van der Waals surface area (Å²) < 4.78 is 16.3. The van der Waals surface area contributed by atoms with Crippen molar-refractivity contribution in [3.8, 4) is 17.2 Å². The van der Waals surface area contributed by atoms with E-state index in [1.165, 1.54) is 6.42 Å². The molecular weight excluding hydrogens is 282 g/mol. The Labute approximate surface area is 132 Å². The molecule has 1 aromatic rings. The number of benzene rings is 1. The molecule has 1 amide bonds. The number of nitrogens with zero attached hydrogens (tertiary/aromatic N) is 1. The Balaban J connectivity index is 2.08. The van der Waals surface area contributed by atoms with Crippen molar-refractivity contribution in [1.29, 1.82) is 0 Å². The number of ether oxygens (including phenoxy) is 3. The van der Waals surface area contributed by atoms with Crippen LogP contribution in [0, 0.1) is 0 Å². The number of hydrogen-bond acceptors (Lipinski definition) is 4. The lowest BCUT2D eigenvalue weighted by atomic mass is 9.97. The fraction of sp³-hybridized carbons (Fsp3) is 0.588. The number of rotatable bonds is 5. The Morgan fingerprint density at radius 2 is 1.68 bits per heavy atom. The monoisotopic (exact) mass is 307 g/mol. The average Bonchev–Trinajstić information content (AvgIpc) is 2.52. The summed E-state index contributed by atoms with van der Waals surface area (Å²) in [6.07, 6.45) is 3.27. The number of hydrogen-bond donors (Lipinski definition) is 0. The van der Waals surface area contributed by atoms with Gasteiger partial charge in [-0.1, -0.05) is 6.07 Å². The van der Waals surface area contributed by atoms with Crippen LogP contribution in [0.5, 0.6) is 17.2 Å². The zero-order chi connectivity index (χ0) is 16.1. The van der Waals surface area contributed by atoms with Crippen molar-refractivity contribution in [2.45, 2.75) is 45.2 Å². The SMILES string of the molecule is COc1cccc(OC)c1OCC(=O)N1C(C)CCCC1C. The molecule has 0 aromatic heterocycles. The minimum absolute atomic E-state index is 0.00709. The molecule has 1 aliphatic rings. The summed E-state index contributed by atoms with van der Waals surface area (Å²) in [7, 11) is 3.14. The first-order valence-electron chi connectivity index (χ1n) is 7.73. The first-order valence-corrected chi connectivity index (χ1v) is 7.73. The van der Waals surface area contributed by atoms with Crippen LogP contribution < -0.4 is 14.2 Å². The summed E-state index contributed by atoms with van der Waals surface area (Å²) in [5.74, 6) is 1.60. The molecule has 2 atom stereocenters. The maximum absolute atomic E-state index is 12.5. The third kappa shape index (κ3) is 3.46. The highest BCUT2D eigenvalue weighted by Gasteiger charge is 2.29. The molecule has 0 saturated carbocycles. The molecule has 0 spiro atoms. The van der Waals surface area contributed by atoms with Crippen molar-refractivity contribution in [2.75, 3.05) is 20.8 Å².